The van der Waals surface area contributed by atoms with Gasteiger partial charge in [-0.05, 0) is 26.0 Å². The topological polar surface area (TPSA) is 67.8 Å². The molecule has 2 N–H and O–H groups in total. The second kappa shape index (κ2) is 7.31. The Kier molecular flexibility index (Phi) is 5.73. The Labute approximate surface area is 112 Å². The van der Waals surface area contributed by atoms with E-state index in [-0.39, 0.29) is 12.1 Å². The van der Waals surface area contributed by atoms with Gasteiger partial charge in [-0.1, -0.05) is 6.58 Å². The lowest BCUT2D eigenvalue weighted by atomic mass is 10.2. The van der Waals surface area contributed by atoms with E-state index in [1.807, 2.05) is 19.9 Å². The summed E-state index contributed by atoms with van der Waals surface area (Å²) >= 11 is 0. The lowest BCUT2D eigenvalue weighted by molar-refractivity contribution is -0.132. The first kappa shape index (κ1) is 14.9. The van der Waals surface area contributed by atoms with Crippen molar-refractivity contribution in [2.75, 3.05) is 25.1 Å². The zero-order chi connectivity index (χ0) is 14.3. The maximum atomic E-state index is 10.7. The fourth-order valence-electron chi connectivity index (χ4n) is 1.46. The van der Waals surface area contributed by atoms with Crippen molar-refractivity contribution in [3.05, 3.63) is 30.4 Å². The predicted molar refractivity (Wildman–Crippen MR) is 74.0 cm³/mol. The smallest absolute Gasteiger partial charge is 0.332 e. The Bertz CT molecular complexity index is 457. The monoisotopic (exact) mass is 265 g/mol. The molecule has 0 aliphatic heterocycles. The average Bonchev–Trinajstić information content (AvgIpc) is 2.38. The van der Waals surface area contributed by atoms with Crippen LogP contribution in [-0.4, -0.2) is 30.8 Å². The third-order valence-electron chi connectivity index (χ3n) is 2.36. The molecule has 19 heavy (non-hydrogen) atoms. The lowest BCUT2D eigenvalue weighted by Crippen LogP contribution is -2.12. The highest BCUT2D eigenvalue weighted by Crippen LogP contribution is 2.29. The number of nitrogens with one attached hydrogen (secondary N) is 1. The summed E-state index contributed by atoms with van der Waals surface area (Å²) in [5.74, 6) is 0.338. The summed E-state index contributed by atoms with van der Waals surface area (Å²) < 4.78 is 10.9. The van der Waals surface area contributed by atoms with E-state index >= 15 is 0 Å². The van der Waals surface area contributed by atoms with Gasteiger partial charge in [-0.15, -0.1) is 0 Å². The van der Waals surface area contributed by atoms with E-state index in [9.17, 15) is 4.79 Å². The van der Waals surface area contributed by atoms with E-state index in [4.69, 9.17) is 14.6 Å². The highest BCUT2D eigenvalue weighted by molar-refractivity contribution is 5.87. The van der Waals surface area contributed by atoms with Crippen molar-refractivity contribution >= 4 is 11.7 Å². The summed E-state index contributed by atoms with van der Waals surface area (Å²) in [6.07, 6.45) is 0. The molecule has 0 amide bonds. The van der Waals surface area contributed by atoms with Crippen molar-refractivity contribution < 1.29 is 19.4 Å². The molecule has 0 heterocycles. The zero-order valence-corrected chi connectivity index (χ0v) is 11.2. The Hall–Kier alpha value is -2.17. The Balaban J connectivity index is 2.84. The highest BCUT2D eigenvalue weighted by Gasteiger charge is 2.08. The maximum absolute atomic E-state index is 10.7. The fourth-order valence-corrected chi connectivity index (χ4v) is 1.46. The van der Waals surface area contributed by atoms with Crippen LogP contribution in [0, 0.1) is 0 Å². The molecule has 104 valence electrons. The van der Waals surface area contributed by atoms with Crippen molar-refractivity contribution in [3.63, 3.8) is 0 Å². The molecule has 1 aromatic carbocycles. The Morgan fingerprint density at radius 3 is 2.58 bits per heavy atom. The molecule has 0 aliphatic carbocycles. The van der Waals surface area contributed by atoms with Crippen LogP contribution >= 0.6 is 0 Å². The van der Waals surface area contributed by atoms with Gasteiger partial charge in [-0.3, -0.25) is 0 Å². The molecule has 0 aromatic heterocycles. The number of carbonyl (C=O) groups is 1. The minimum Gasteiger partial charge on any atom is -0.494 e. The van der Waals surface area contributed by atoms with Gasteiger partial charge in [-0.2, -0.15) is 0 Å². The number of aliphatic carboxylic acids is 1. The summed E-state index contributed by atoms with van der Waals surface area (Å²) in [6.45, 7) is 8.49. The highest BCUT2D eigenvalue weighted by atomic mass is 16.5. The standard InChI is InChI=1S/C14H19NO4/c1-4-18-11-6-7-13(19-5-2)12(8-11)15-9-10(3)14(16)17/h6-8,15H,3-5,9H2,1-2H3,(H,16,17). The number of hydrogen-bond acceptors (Lipinski definition) is 4. The van der Waals surface area contributed by atoms with Gasteiger partial charge < -0.3 is 19.9 Å². The molecule has 0 saturated heterocycles. The van der Waals surface area contributed by atoms with Gasteiger partial charge in [0.05, 0.1) is 18.9 Å². The second-order valence-corrected chi connectivity index (χ2v) is 3.79. The molecular formula is C14H19NO4. The normalized spacial score (nSPS) is 9.79. The number of anilines is 1. The van der Waals surface area contributed by atoms with E-state index < -0.39 is 5.97 Å². The van der Waals surface area contributed by atoms with E-state index in [1.54, 1.807) is 12.1 Å². The molecule has 1 aromatic rings. The predicted octanol–water partition coefficient (Wildman–Crippen LogP) is 2.54. The van der Waals surface area contributed by atoms with E-state index in [0.29, 0.717) is 30.4 Å². The molecule has 0 bridgehead atoms. The van der Waals surface area contributed by atoms with Crippen LogP contribution < -0.4 is 14.8 Å². The van der Waals surface area contributed by atoms with Crippen molar-refractivity contribution in [3.8, 4) is 11.5 Å². The van der Waals surface area contributed by atoms with Crippen molar-refractivity contribution in [1.82, 2.24) is 0 Å². The zero-order valence-electron chi connectivity index (χ0n) is 11.2. The van der Waals surface area contributed by atoms with Crippen LogP contribution in [-0.2, 0) is 4.79 Å². The summed E-state index contributed by atoms with van der Waals surface area (Å²) in [5.41, 5.74) is 0.777. The molecular weight excluding hydrogens is 246 g/mol. The van der Waals surface area contributed by atoms with Gasteiger partial charge in [0.25, 0.3) is 0 Å². The van der Waals surface area contributed by atoms with Gasteiger partial charge in [0.1, 0.15) is 11.5 Å². The number of rotatable bonds is 8. The van der Waals surface area contributed by atoms with Crippen LogP contribution in [0.3, 0.4) is 0 Å². The maximum Gasteiger partial charge on any atom is 0.332 e. The molecule has 5 heteroatoms. The second-order valence-electron chi connectivity index (χ2n) is 3.79. The summed E-state index contributed by atoms with van der Waals surface area (Å²) in [4.78, 5) is 10.7. The molecule has 1 rings (SSSR count). The molecule has 0 saturated carbocycles. The first-order valence-corrected chi connectivity index (χ1v) is 6.13. The van der Waals surface area contributed by atoms with E-state index in [0.717, 1.165) is 0 Å². The lowest BCUT2D eigenvalue weighted by Gasteiger charge is -2.14. The van der Waals surface area contributed by atoms with Gasteiger partial charge >= 0.3 is 5.97 Å². The molecule has 0 aliphatic rings. The Morgan fingerprint density at radius 2 is 2.00 bits per heavy atom. The number of carboxylic acids is 1. The molecule has 5 nitrogen and oxygen atoms in total. The number of carboxylic acid groups (broad SMARTS) is 1. The quantitative estimate of drug-likeness (QED) is 0.707. The first-order valence-electron chi connectivity index (χ1n) is 6.13. The molecule has 0 radical (unpaired) electrons. The summed E-state index contributed by atoms with van der Waals surface area (Å²) in [7, 11) is 0. The molecule has 0 unspecified atom stereocenters. The van der Waals surface area contributed by atoms with Crippen LogP contribution in [0.1, 0.15) is 13.8 Å². The van der Waals surface area contributed by atoms with Crippen LogP contribution in [0.5, 0.6) is 11.5 Å². The van der Waals surface area contributed by atoms with Gasteiger partial charge in [0.15, 0.2) is 0 Å². The largest absolute Gasteiger partial charge is 0.494 e. The van der Waals surface area contributed by atoms with Crippen LogP contribution in [0.4, 0.5) is 5.69 Å². The number of hydrogen-bond donors (Lipinski definition) is 2. The van der Waals surface area contributed by atoms with E-state index in [2.05, 4.69) is 11.9 Å². The number of benzene rings is 1. The van der Waals surface area contributed by atoms with Gasteiger partial charge in [-0.25, -0.2) is 4.79 Å². The number of ether oxygens (including phenoxy) is 2. The summed E-state index contributed by atoms with van der Waals surface area (Å²) in [6, 6.07) is 5.38. The van der Waals surface area contributed by atoms with Crippen LogP contribution in [0.15, 0.2) is 30.4 Å². The van der Waals surface area contributed by atoms with Gasteiger partial charge in [0, 0.05) is 18.2 Å². The van der Waals surface area contributed by atoms with Crippen molar-refractivity contribution in [1.29, 1.82) is 0 Å². The van der Waals surface area contributed by atoms with Gasteiger partial charge in [0.2, 0.25) is 0 Å². The minimum absolute atomic E-state index is 0.0873. The molecule has 0 atom stereocenters. The third-order valence-corrected chi connectivity index (χ3v) is 2.36. The molecule has 0 fully saturated rings. The summed E-state index contributed by atoms with van der Waals surface area (Å²) in [5, 5.41) is 11.8. The Morgan fingerprint density at radius 1 is 1.32 bits per heavy atom. The fraction of sp³-hybridized carbons (Fsp3) is 0.357. The van der Waals surface area contributed by atoms with E-state index in [1.165, 1.54) is 0 Å². The van der Waals surface area contributed by atoms with Crippen molar-refractivity contribution in [2.24, 2.45) is 0 Å². The van der Waals surface area contributed by atoms with Crippen LogP contribution in [0.2, 0.25) is 0 Å². The SMILES string of the molecule is C=C(CNc1cc(OCC)ccc1OCC)C(=O)O. The van der Waals surface area contributed by atoms with Crippen LogP contribution in [0.25, 0.3) is 0 Å². The first-order chi connectivity index (χ1) is 9.08. The average molecular weight is 265 g/mol. The van der Waals surface area contributed by atoms with Crippen molar-refractivity contribution in [2.45, 2.75) is 13.8 Å². The molecule has 0 spiro atoms. The minimum atomic E-state index is -1.02. The third kappa shape index (κ3) is 4.54.